The Kier molecular flexibility index (Phi) is 6.53. The maximum absolute atomic E-state index is 11.8. The van der Waals surface area contributed by atoms with Crippen LogP contribution in [-0.2, 0) is 18.4 Å². The van der Waals surface area contributed by atoms with E-state index in [0.29, 0.717) is 5.02 Å². The number of carbonyl (C=O) groups is 1. The first-order valence-corrected chi connectivity index (χ1v) is 12.0. The molecule has 0 bridgehead atoms. The molecule has 2 aromatic heterocycles. The van der Waals surface area contributed by atoms with Crippen molar-refractivity contribution in [3.05, 3.63) is 83.3 Å². The Bertz CT molecular complexity index is 1390. The number of nitrogens with zero attached hydrogens (tertiary/aromatic N) is 5. The van der Waals surface area contributed by atoms with E-state index in [0.717, 1.165) is 66.0 Å². The van der Waals surface area contributed by atoms with Crippen LogP contribution in [-0.4, -0.2) is 61.9 Å². The molecule has 1 amide bonds. The number of amides is 1. The normalized spacial score (nSPS) is 14.7. The zero-order valence-corrected chi connectivity index (χ0v) is 20.4. The van der Waals surface area contributed by atoms with Crippen LogP contribution in [0.4, 0.5) is 0 Å². The van der Waals surface area contributed by atoms with Crippen LogP contribution in [0.25, 0.3) is 34.2 Å². The van der Waals surface area contributed by atoms with Crippen LogP contribution in [0, 0.1) is 0 Å². The summed E-state index contributed by atoms with van der Waals surface area (Å²) in [6.45, 7) is 7.63. The first-order chi connectivity index (χ1) is 17.0. The molecule has 1 fully saturated rings. The van der Waals surface area contributed by atoms with Crippen molar-refractivity contribution in [1.29, 1.82) is 0 Å². The summed E-state index contributed by atoms with van der Waals surface area (Å²) >= 11 is 6.90. The Labute approximate surface area is 209 Å². The highest BCUT2D eigenvalue weighted by molar-refractivity contribution is 6.38. The van der Waals surface area contributed by atoms with Gasteiger partial charge in [-0.3, -0.25) is 19.5 Å². The molecule has 8 heteroatoms. The topological polar surface area (TPSA) is 70.1 Å². The second-order valence-electron chi connectivity index (χ2n) is 8.74. The average Bonchev–Trinajstić information content (AvgIpc) is 3.49. The number of rotatable bonds is 6. The van der Waals surface area contributed by atoms with Crippen LogP contribution in [0.5, 0.6) is 0 Å². The van der Waals surface area contributed by atoms with Crippen molar-refractivity contribution in [2.24, 2.45) is 7.05 Å². The number of carbonyl (C=O) groups excluding carboxylic acids is 1. The summed E-state index contributed by atoms with van der Waals surface area (Å²) in [5.41, 5.74) is 5.96. The van der Waals surface area contributed by atoms with E-state index in [1.54, 1.807) is 10.9 Å². The number of aryl methyl sites for hydroxylation is 1. The van der Waals surface area contributed by atoms with Gasteiger partial charge in [-0.2, -0.15) is 10.2 Å². The highest BCUT2D eigenvalue weighted by Gasteiger charge is 2.19. The summed E-state index contributed by atoms with van der Waals surface area (Å²) in [4.78, 5) is 16.0. The zero-order valence-electron chi connectivity index (χ0n) is 19.6. The van der Waals surface area contributed by atoms with Gasteiger partial charge in [0.25, 0.3) is 0 Å². The molecule has 1 N–H and O–H groups in total. The molecule has 0 aliphatic carbocycles. The number of fused-ring (bicyclic) bond motifs is 1. The fourth-order valence-electron chi connectivity index (χ4n) is 4.44. The molecule has 35 heavy (non-hydrogen) atoms. The zero-order chi connectivity index (χ0) is 24.4. The standard InChI is InChI=1S/C27H27ClN6O/c1-3-25(35)34-14-12-33(13-15-34)18-19-4-7-21(8-5-19)22-9-11-24-26(27(22)28)23(30-31-24)10-6-20-16-29-32(2)17-20/h3-11,16-17H,1,12-15,18H2,2H3,(H,30,31)/b10-6+. The van der Waals surface area contributed by atoms with Gasteiger partial charge in [0.1, 0.15) is 0 Å². The van der Waals surface area contributed by atoms with Gasteiger partial charge >= 0.3 is 0 Å². The fraction of sp³-hybridized carbons (Fsp3) is 0.222. The molecule has 7 nitrogen and oxygen atoms in total. The molecule has 1 aliphatic rings. The summed E-state index contributed by atoms with van der Waals surface area (Å²) in [6, 6.07) is 12.6. The van der Waals surface area contributed by atoms with Gasteiger partial charge in [0.2, 0.25) is 5.91 Å². The lowest BCUT2D eigenvalue weighted by molar-refractivity contribution is -0.127. The van der Waals surface area contributed by atoms with Crippen LogP contribution in [0.2, 0.25) is 5.02 Å². The average molecular weight is 487 g/mol. The Morgan fingerprint density at radius 3 is 2.57 bits per heavy atom. The largest absolute Gasteiger partial charge is 0.337 e. The van der Waals surface area contributed by atoms with Crippen molar-refractivity contribution < 1.29 is 4.79 Å². The molecule has 1 aliphatic heterocycles. The van der Waals surface area contributed by atoms with E-state index in [-0.39, 0.29) is 5.91 Å². The van der Waals surface area contributed by atoms with E-state index in [4.69, 9.17) is 11.6 Å². The molecular formula is C27H27ClN6O. The lowest BCUT2D eigenvalue weighted by Gasteiger charge is -2.34. The SMILES string of the molecule is C=CC(=O)N1CCN(Cc2ccc(-c3ccc4[nH]nc(/C=C/c5cnn(C)c5)c4c3Cl)cc2)CC1. The highest BCUT2D eigenvalue weighted by atomic mass is 35.5. The Hall–Kier alpha value is -3.68. The number of aromatic nitrogens is 4. The third-order valence-electron chi connectivity index (χ3n) is 6.38. The molecule has 0 saturated carbocycles. The second-order valence-corrected chi connectivity index (χ2v) is 9.12. The predicted octanol–water partition coefficient (Wildman–Crippen LogP) is 4.62. The molecule has 0 unspecified atom stereocenters. The molecule has 5 rings (SSSR count). The van der Waals surface area contributed by atoms with Gasteiger partial charge in [-0.05, 0) is 35.4 Å². The number of hydrogen-bond donors (Lipinski definition) is 1. The summed E-state index contributed by atoms with van der Waals surface area (Å²) < 4.78 is 1.76. The predicted molar refractivity (Wildman–Crippen MR) is 141 cm³/mol. The van der Waals surface area contributed by atoms with E-state index in [2.05, 4.69) is 51.0 Å². The van der Waals surface area contributed by atoms with E-state index >= 15 is 0 Å². The number of halogens is 1. The number of benzene rings is 2. The van der Waals surface area contributed by atoms with Crippen LogP contribution in [0.3, 0.4) is 0 Å². The molecule has 178 valence electrons. The van der Waals surface area contributed by atoms with Crippen molar-refractivity contribution in [3.63, 3.8) is 0 Å². The van der Waals surface area contributed by atoms with Gasteiger partial charge < -0.3 is 4.90 Å². The van der Waals surface area contributed by atoms with Crippen LogP contribution in [0.1, 0.15) is 16.8 Å². The van der Waals surface area contributed by atoms with Gasteiger partial charge in [0, 0.05) is 62.5 Å². The van der Waals surface area contributed by atoms with Crippen molar-refractivity contribution in [3.8, 4) is 11.1 Å². The van der Waals surface area contributed by atoms with Gasteiger partial charge in [-0.1, -0.05) is 48.5 Å². The molecule has 0 atom stereocenters. The summed E-state index contributed by atoms with van der Waals surface area (Å²) in [6.07, 6.45) is 9.08. The third kappa shape index (κ3) is 4.92. The van der Waals surface area contributed by atoms with E-state index in [1.807, 2.05) is 42.4 Å². The molecule has 1 saturated heterocycles. The number of hydrogen-bond acceptors (Lipinski definition) is 4. The van der Waals surface area contributed by atoms with Crippen molar-refractivity contribution >= 4 is 40.6 Å². The molecule has 0 radical (unpaired) electrons. The smallest absolute Gasteiger partial charge is 0.246 e. The Balaban J connectivity index is 1.32. The summed E-state index contributed by atoms with van der Waals surface area (Å²) in [5, 5.41) is 13.3. The third-order valence-corrected chi connectivity index (χ3v) is 6.78. The minimum atomic E-state index is 0.0104. The highest BCUT2D eigenvalue weighted by Crippen LogP contribution is 2.36. The summed E-state index contributed by atoms with van der Waals surface area (Å²) in [7, 11) is 1.89. The monoisotopic (exact) mass is 486 g/mol. The van der Waals surface area contributed by atoms with Gasteiger partial charge in [-0.25, -0.2) is 0 Å². The molecule has 4 aromatic rings. The molecule has 0 spiro atoms. The quantitative estimate of drug-likeness (QED) is 0.404. The van der Waals surface area contributed by atoms with E-state index in [9.17, 15) is 4.79 Å². The number of aromatic amines is 1. The maximum atomic E-state index is 11.8. The van der Waals surface area contributed by atoms with Crippen molar-refractivity contribution in [1.82, 2.24) is 29.8 Å². The van der Waals surface area contributed by atoms with Gasteiger partial charge in [0.15, 0.2) is 0 Å². The Morgan fingerprint density at radius 2 is 1.89 bits per heavy atom. The van der Waals surface area contributed by atoms with E-state index in [1.165, 1.54) is 11.6 Å². The van der Waals surface area contributed by atoms with Crippen molar-refractivity contribution in [2.75, 3.05) is 26.2 Å². The lowest BCUT2D eigenvalue weighted by atomic mass is 10.0. The van der Waals surface area contributed by atoms with Crippen LogP contribution in [0.15, 0.2) is 61.4 Å². The van der Waals surface area contributed by atoms with Gasteiger partial charge in [0.05, 0.1) is 22.4 Å². The molecular weight excluding hydrogens is 460 g/mol. The van der Waals surface area contributed by atoms with Crippen LogP contribution < -0.4 is 0 Å². The van der Waals surface area contributed by atoms with Gasteiger partial charge in [-0.15, -0.1) is 0 Å². The van der Waals surface area contributed by atoms with Crippen LogP contribution >= 0.6 is 11.6 Å². The lowest BCUT2D eigenvalue weighted by Crippen LogP contribution is -2.47. The minimum Gasteiger partial charge on any atom is -0.337 e. The summed E-state index contributed by atoms with van der Waals surface area (Å²) in [5.74, 6) is 0.0104. The maximum Gasteiger partial charge on any atom is 0.246 e. The fourth-order valence-corrected chi connectivity index (χ4v) is 4.82. The molecule has 3 heterocycles. The first kappa shape index (κ1) is 23.1. The first-order valence-electron chi connectivity index (χ1n) is 11.6. The minimum absolute atomic E-state index is 0.0104. The number of piperazine rings is 1. The number of nitrogens with one attached hydrogen (secondary N) is 1. The Morgan fingerprint density at radius 1 is 1.11 bits per heavy atom. The van der Waals surface area contributed by atoms with Crippen molar-refractivity contribution in [2.45, 2.75) is 6.54 Å². The van der Waals surface area contributed by atoms with E-state index < -0.39 is 0 Å². The number of H-pyrrole nitrogens is 1. The molecule has 2 aromatic carbocycles. The second kappa shape index (κ2) is 9.90.